The summed E-state index contributed by atoms with van der Waals surface area (Å²) in [5, 5.41) is 0. The zero-order valence-corrected chi connectivity index (χ0v) is 20.0. The zero-order chi connectivity index (χ0) is 25.0. The van der Waals surface area contributed by atoms with Crippen molar-refractivity contribution in [3.05, 3.63) is 47.5 Å². The van der Waals surface area contributed by atoms with Gasteiger partial charge in [-0.05, 0) is 30.5 Å². The number of piperidine rings is 1. The molecule has 2 saturated heterocycles. The Bertz CT molecular complexity index is 1010. The third-order valence-corrected chi connectivity index (χ3v) is 6.52. The monoisotopic (exact) mass is 496 g/mol. The molecular weight excluding hydrogens is 465 g/mol. The molecule has 0 aliphatic carbocycles. The molecule has 2 amide bonds. The van der Waals surface area contributed by atoms with E-state index in [2.05, 4.69) is 9.72 Å². The number of nitrogens with zero attached hydrogens (tertiary/aromatic N) is 4. The fourth-order valence-electron chi connectivity index (χ4n) is 4.74. The van der Waals surface area contributed by atoms with E-state index in [1.807, 2.05) is 15.7 Å². The Morgan fingerprint density at radius 1 is 1.17 bits per heavy atom. The average molecular weight is 497 g/mol. The van der Waals surface area contributed by atoms with Gasteiger partial charge in [-0.1, -0.05) is 12.1 Å². The van der Waals surface area contributed by atoms with Gasteiger partial charge in [0, 0.05) is 57.9 Å². The molecular formula is C24H31F3N4O4. The number of hydrogen-bond donors (Lipinski definition) is 0. The number of methoxy groups -OCH3 is 1. The van der Waals surface area contributed by atoms with Crippen molar-refractivity contribution < 1.29 is 32.2 Å². The SMILES string of the molecule is COCCn1cnc(C2CC(c3ccc(OC(F)(F)F)c(C)c3)CN(C(=O)N3CCOCC3)C2)c1. The Labute approximate surface area is 202 Å². The van der Waals surface area contributed by atoms with Gasteiger partial charge in [0.15, 0.2) is 0 Å². The first kappa shape index (κ1) is 25.3. The molecule has 8 nitrogen and oxygen atoms in total. The van der Waals surface area contributed by atoms with Crippen LogP contribution in [0.1, 0.15) is 35.1 Å². The van der Waals surface area contributed by atoms with E-state index in [0.717, 1.165) is 17.7 Å². The highest BCUT2D eigenvalue weighted by atomic mass is 19.4. The van der Waals surface area contributed by atoms with Crippen LogP contribution in [-0.4, -0.2) is 84.9 Å². The molecule has 11 heteroatoms. The quantitative estimate of drug-likeness (QED) is 0.609. The van der Waals surface area contributed by atoms with Crippen LogP contribution in [0.2, 0.25) is 0 Å². The smallest absolute Gasteiger partial charge is 0.406 e. The van der Waals surface area contributed by atoms with Gasteiger partial charge in [-0.15, -0.1) is 13.2 Å². The van der Waals surface area contributed by atoms with Gasteiger partial charge >= 0.3 is 12.4 Å². The lowest BCUT2D eigenvalue weighted by Gasteiger charge is -2.40. The van der Waals surface area contributed by atoms with Gasteiger partial charge in [0.25, 0.3) is 0 Å². The van der Waals surface area contributed by atoms with E-state index in [1.54, 1.807) is 37.4 Å². The molecule has 0 N–H and O–H groups in total. The first-order valence-corrected chi connectivity index (χ1v) is 11.7. The summed E-state index contributed by atoms with van der Waals surface area (Å²) in [7, 11) is 1.64. The van der Waals surface area contributed by atoms with E-state index < -0.39 is 6.36 Å². The maximum Gasteiger partial charge on any atom is 0.573 e. The molecule has 3 heterocycles. The van der Waals surface area contributed by atoms with Gasteiger partial charge in [-0.3, -0.25) is 0 Å². The van der Waals surface area contributed by atoms with E-state index >= 15 is 0 Å². The molecule has 4 rings (SSSR count). The van der Waals surface area contributed by atoms with Crippen molar-refractivity contribution in [2.24, 2.45) is 0 Å². The summed E-state index contributed by atoms with van der Waals surface area (Å²) < 4.78 is 54.8. The highest BCUT2D eigenvalue weighted by Gasteiger charge is 2.36. The standard InChI is InChI=1S/C24H31F3N4O4/c1-17-11-18(3-4-22(17)35-24(25,26)27)19-12-20(21-15-29(16-28-21)5-8-33-2)14-31(13-19)23(32)30-6-9-34-10-7-30/h3-4,11,15-16,19-20H,5-10,12-14H2,1-2H3. The van der Waals surface area contributed by atoms with Crippen LogP contribution >= 0.6 is 0 Å². The number of aryl methyl sites for hydroxylation is 1. The van der Waals surface area contributed by atoms with Crippen molar-refractivity contribution >= 4 is 6.03 Å². The number of hydrogen-bond acceptors (Lipinski definition) is 5. The molecule has 2 aliphatic heterocycles. The lowest BCUT2D eigenvalue weighted by Crippen LogP contribution is -2.52. The molecule has 2 fully saturated rings. The van der Waals surface area contributed by atoms with Gasteiger partial charge in [-0.2, -0.15) is 0 Å². The number of morpholine rings is 1. The molecule has 192 valence electrons. The molecule has 0 bridgehead atoms. The number of halogens is 3. The number of carbonyl (C=O) groups is 1. The topological polar surface area (TPSA) is 69.1 Å². The lowest BCUT2D eigenvalue weighted by atomic mass is 9.83. The minimum Gasteiger partial charge on any atom is -0.406 e. The van der Waals surface area contributed by atoms with Gasteiger partial charge in [0.05, 0.1) is 31.8 Å². The van der Waals surface area contributed by atoms with Crippen molar-refractivity contribution in [2.45, 2.75) is 38.1 Å². The number of amides is 2. The number of ether oxygens (including phenoxy) is 3. The van der Waals surface area contributed by atoms with Crippen molar-refractivity contribution in [3.8, 4) is 5.75 Å². The number of alkyl halides is 3. The summed E-state index contributed by atoms with van der Waals surface area (Å²) in [5.41, 5.74) is 2.16. The second-order valence-corrected chi connectivity index (χ2v) is 9.02. The number of rotatable bonds is 6. The summed E-state index contributed by atoms with van der Waals surface area (Å²) in [6.07, 6.45) is -0.271. The highest BCUT2D eigenvalue weighted by molar-refractivity contribution is 5.75. The van der Waals surface area contributed by atoms with E-state index in [-0.39, 0.29) is 23.6 Å². The molecule has 35 heavy (non-hydrogen) atoms. The number of imidazole rings is 1. The molecule has 2 aliphatic rings. The maximum absolute atomic E-state index is 13.3. The first-order chi connectivity index (χ1) is 16.7. The van der Waals surface area contributed by atoms with E-state index in [0.29, 0.717) is 58.1 Å². The van der Waals surface area contributed by atoms with Gasteiger partial charge in [0.1, 0.15) is 5.75 Å². The molecule has 0 radical (unpaired) electrons. The summed E-state index contributed by atoms with van der Waals surface area (Å²) in [4.78, 5) is 21.6. The van der Waals surface area contributed by atoms with Gasteiger partial charge < -0.3 is 28.6 Å². The van der Waals surface area contributed by atoms with Crippen LogP contribution in [0.25, 0.3) is 0 Å². The predicted molar refractivity (Wildman–Crippen MR) is 121 cm³/mol. The van der Waals surface area contributed by atoms with Crippen molar-refractivity contribution in [2.75, 3.05) is 53.1 Å². The Balaban J connectivity index is 1.57. The van der Waals surface area contributed by atoms with Crippen LogP contribution < -0.4 is 4.74 Å². The van der Waals surface area contributed by atoms with Crippen LogP contribution in [0, 0.1) is 6.92 Å². The third kappa shape index (κ3) is 6.46. The first-order valence-electron chi connectivity index (χ1n) is 11.7. The van der Waals surface area contributed by atoms with Gasteiger partial charge in [-0.25, -0.2) is 9.78 Å². The highest BCUT2D eigenvalue weighted by Crippen LogP contribution is 2.37. The fraction of sp³-hybridized carbons (Fsp3) is 0.583. The number of aromatic nitrogens is 2. The van der Waals surface area contributed by atoms with Crippen molar-refractivity contribution in [1.29, 1.82) is 0 Å². The largest absolute Gasteiger partial charge is 0.573 e. The molecule has 2 atom stereocenters. The van der Waals surface area contributed by atoms with Crippen LogP contribution in [0.4, 0.5) is 18.0 Å². The lowest BCUT2D eigenvalue weighted by molar-refractivity contribution is -0.274. The summed E-state index contributed by atoms with van der Waals surface area (Å²) in [5.74, 6) is -0.276. The summed E-state index contributed by atoms with van der Waals surface area (Å²) >= 11 is 0. The minimum absolute atomic E-state index is 0.00561. The Morgan fingerprint density at radius 3 is 2.60 bits per heavy atom. The number of benzene rings is 1. The second kappa shape index (κ2) is 10.9. The van der Waals surface area contributed by atoms with Crippen molar-refractivity contribution in [3.63, 3.8) is 0 Å². The Morgan fingerprint density at radius 2 is 1.91 bits per heavy atom. The summed E-state index contributed by atoms with van der Waals surface area (Å²) in [6.45, 7) is 5.95. The zero-order valence-electron chi connectivity index (χ0n) is 20.0. The Hall–Kier alpha value is -2.79. The third-order valence-electron chi connectivity index (χ3n) is 6.52. The van der Waals surface area contributed by atoms with Gasteiger partial charge in [0.2, 0.25) is 0 Å². The molecule has 2 unspecified atom stereocenters. The van der Waals surface area contributed by atoms with Crippen molar-refractivity contribution in [1.82, 2.24) is 19.4 Å². The normalized spacial score (nSPS) is 21.3. The number of urea groups is 1. The van der Waals surface area contributed by atoms with Crippen LogP contribution in [0.3, 0.4) is 0 Å². The van der Waals surface area contributed by atoms with Crippen LogP contribution in [0.5, 0.6) is 5.75 Å². The molecule has 1 aromatic carbocycles. The summed E-state index contributed by atoms with van der Waals surface area (Å²) in [6, 6.07) is 4.70. The Kier molecular flexibility index (Phi) is 7.85. The van der Waals surface area contributed by atoms with Crippen LogP contribution in [0.15, 0.2) is 30.7 Å². The fourth-order valence-corrected chi connectivity index (χ4v) is 4.74. The van der Waals surface area contributed by atoms with Crippen LogP contribution in [-0.2, 0) is 16.0 Å². The molecule has 0 spiro atoms. The van der Waals surface area contributed by atoms with E-state index in [1.165, 1.54) is 6.07 Å². The van der Waals surface area contributed by atoms with E-state index in [4.69, 9.17) is 9.47 Å². The van der Waals surface area contributed by atoms with E-state index in [9.17, 15) is 18.0 Å². The predicted octanol–water partition coefficient (Wildman–Crippen LogP) is 3.76. The minimum atomic E-state index is -4.74. The molecule has 0 saturated carbocycles. The average Bonchev–Trinajstić information content (AvgIpc) is 3.32. The molecule has 1 aromatic heterocycles. The molecule has 2 aromatic rings. The number of carbonyl (C=O) groups excluding carboxylic acids is 1. The number of likely N-dealkylation sites (tertiary alicyclic amines) is 1. The second-order valence-electron chi connectivity index (χ2n) is 9.02. The maximum atomic E-state index is 13.3.